The summed E-state index contributed by atoms with van der Waals surface area (Å²) in [5.41, 5.74) is 0. The van der Waals surface area contributed by atoms with E-state index in [1.807, 2.05) is 6.92 Å². The summed E-state index contributed by atoms with van der Waals surface area (Å²) in [5.74, 6) is 0. The van der Waals surface area contributed by atoms with Gasteiger partial charge >= 0.3 is 0 Å². The van der Waals surface area contributed by atoms with Crippen molar-refractivity contribution in [2.24, 2.45) is 0 Å². The third-order valence-electron chi connectivity index (χ3n) is 1.90. The summed E-state index contributed by atoms with van der Waals surface area (Å²) < 4.78 is 0. The van der Waals surface area contributed by atoms with Gasteiger partial charge < -0.3 is 5.32 Å². The molecule has 60 valence electrons. The summed E-state index contributed by atoms with van der Waals surface area (Å²) in [6.45, 7) is 3.12. The van der Waals surface area contributed by atoms with E-state index >= 15 is 0 Å². The Morgan fingerprint density at radius 3 is 3.00 bits per heavy atom. The van der Waals surface area contributed by atoms with Crippen molar-refractivity contribution in [1.29, 1.82) is 0 Å². The van der Waals surface area contributed by atoms with E-state index in [4.69, 9.17) is 0 Å². The molecule has 1 atom stereocenters. The first kappa shape index (κ1) is 7.18. The van der Waals surface area contributed by atoms with Crippen LogP contribution in [0, 0.1) is 6.92 Å². The molecule has 0 aliphatic carbocycles. The van der Waals surface area contributed by atoms with Crippen LogP contribution in [0.25, 0.3) is 0 Å². The molecule has 3 nitrogen and oxygen atoms in total. The predicted molar refractivity (Wildman–Crippen MR) is 44.6 cm³/mol. The van der Waals surface area contributed by atoms with Crippen molar-refractivity contribution in [2.75, 3.05) is 6.54 Å². The first-order chi connectivity index (χ1) is 5.36. The molecule has 1 saturated heterocycles. The summed E-state index contributed by atoms with van der Waals surface area (Å²) in [6, 6.07) is 0.487. The Morgan fingerprint density at radius 2 is 2.45 bits per heavy atom. The minimum atomic E-state index is 0.487. The van der Waals surface area contributed by atoms with Crippen molar-refractivity contribution in [3.8, 4) is 0 Å². The minimum Gasteiger partial charge on any atom is -0.308 e. The van der Waals surface area contributed by atoms with Crippen molar-refractivity contribution in [1.82, 2.24) is 15.5 Å². The van der Waals surface area contributed by atoms with Gasteiger partial charge in [-0.1, -0.05) is 0 Å². The largest absolute Gasteiger partial charge is 0.308 e. The zero-order valence-electron chi connectivity index (χ0n) is 6.50. The van der Waals surface area contributed by atoms with Crippen LogP contribution in [0.15, 0.2) is 0 Å². The molecule has 0 saturated carbocycles. The van der Waals surface area contributed by atoms with E-state index in [0.717, 1.165) is 16.6 Å². The van der Waals surface area contributed by atoms with E-state index in [9.17, 15) is 0 Å². The van der Waals surface area contributed by atoms with Crippen LogP contribution < -0.4 is 5.32 Å². The summed E-state index contributed by atoms with van der Waals surface area (Å²) in [7, 11) is 0. The Bertz CT molecular complexity index is 240. The standard InChI is InChI=1S/C7H11N3S/c1-5-9-10-7(11-5)6-3-2-4-8-6/h6,8H,2-4H2,1H3. The molecule has 1 aromatic heterocycles. The van der Waals surface area contributed by atoms with Crippen LogP contribution in [-0.2, 0) is 0 Å². The molecular weight excluding hydrogens is 158 g/mol. The van der Waals surface area contributed by atoms with E-state index in [1.165, 1.54) is 12.8 Å². The fourth-order valence-corrected chi connectivity index (χ4v) is 2.16. The molecule has 0 bridgehead atoms. The van der Waals surface area contributed by atoms with Gasteiger partial charge in [-0.25, -0.2) is 0 Å². The lowest BCUT2D eigenvalue weighted by Crippen LogP contribution is -2.12. The number of rotatable bonds is 1. The molecule has 1 aromatic rings. The molecule has 1 aliphatic heterocycles. The number of hydrogen-bond acceptors (Lipinski definition) is 4. The van der Waals surface area contributed by atoms with Crippen LogP contribution >= 0.6 is 11.3 Å². The highest BCUT2D eigenvalue weighted by molar-refractivity contribution is 7.11. The van der Waals surface area contributed by atoms with Gasteiger partial charge in [-0.05, 0) is 26.3 Å². The maximum Gasteiger partial charge on any atom is 0.134 e. The molecule has 1 N–H and O–H groups in total. The summed E-state index contributed by atoms with van der Waals surface area (Å²) in [4.78, 5) is 0. The molecule has 1 fully saturated rings. The van der Waals surface area contributed by atoms with Crippen molar-refractivity contribution in [3.63, 3.8) is 0 Å². The van der Waals surface area contributed by atoms with E-state index in [2.05, 4.69) is 15.5 Å². The highest BCUT2D eigenvalue weighted by Crippen LogP contribution is 2.24. The molecular formula is C7H11N3S. The number of nitrogens with one attached hydrogen (secondary N) is 1. The second kappa shape index (κ2) is 2.87. The van der Waals surface area contributed by atoms with Crippen LogP contribution in [0.4, 0.5) is 0 Å². The SMILES string of the molecule is Cc1nnc(C2CCCN2)s1. The average molecular weight is 169 g/mol. The first-order valence-corrected chi connectivity index (χ1v) is 4.71. The van der Waals surface area contributed by atoms with Gasteiger partial charge in [0.25, 0.3) is 0 Å². The monoisotopic (exact) mass is 169 g/mol. The van der Waals surface area contributed by atoms with E-state index in [-0.39, 0.29) is 0 Å². The van der Waals surface area contributed by atoms with Crippen LogP contribution in [0.5, 0.6) is 0 Å². The Hall–Kier alpha value is -0.480. The Labute approximate surface area is 69.8 Å². The van der Waals surface area contributed by atoms with Crippen LogP contribution in [0.1, 0.15) is 28.9 Å². The van der Waals surface area contributed by atoms with Crippen molar-refractivity contribution >= 4 is 11.3 Å². The summed E-state index contributed by atoms with van der Waals surface area (Å²) >= 11 is 1.70. The fraction of sp³-hybridized carbons (Fsp3) is 0.714. The predicted octanol–water partition coefficient (Wildman–Crippen LogP) is 1.27. The smallest absolute Gasteiger partial charge is 0.134 e. The first-order valence-electron chi connectivity index (χ1n) is 3.89. The van der Waals surface area contributed by atoms with Gasteiger partial charge in [-0.3, -0.25) is 0 Å². The maximum atomic E-state index is 4.10. The molecule has 1 unspecified atom stereocenters. The Kier molecular flexibility index (Phi) is 1.87. The Morgan fingerprint density at radius 1 is 1.55 bits per heavy atom. The molecule has 0 amide bonds. The quantitative estimate of drug-likeness (QED) is 0.688. The van der Waals surface area contributed by atoms with Crippen LogP contribution in [-0.4, -0.2) is 16.7 Å². The van der Waals surface area contributed by atoms with Crippen LogP contribution in [0.2, 0.25) is 0 Å². The van der Waals surface area contributed by atoms with Gasteiger partial charge in [0.15, 0.2) is 0 Å². The zero-order chi connectivity index (χ0) is 7.68. The molecule has 4 heteroatoms. The molecule has 0 spiro atoms. The lowest BCUT2D eigenvalue weighted by molar-refractivity contribution is 0.635. The minimum absolute atomic E-state index is 0.487. The van der Waals surface area contributed by atoms with Crippen molar-refractivity contribution in [2.45, 2.75) is 25.8 Å². The fourth-order valence-electron chi connectivity index (χ4n) is 1.35. The third kappa shape index (κ3) is 1.41. The van der Waals surface area contributed by atoms with E-state index in [0.29, 0.717) is 6.04 Å². The maximum absolute atomic E-state index is 4.10. The molecule has 2 rings (SSSR count). The highest BCUT2D eigenvalue weighted by atomic mass is 32.1. The number of hydrogen-bond donors (Lipinski definition) is 1. The number of nitrogens with zero attached hydrogens (tertiary/aromatic N) is 2. The lowest BCUT2D eigenvalue weighted by atomic mass is 10.2. The lowest BCUT2D eigenvalue weighted by Gasteiger charge is -2.02. The van der Waals surface area contributed by atoms with E-state index in [1.54, 1.807) is 11.3 Å². The molecule has 1 aliphatic rings. The highest BCUT2D eigenvalue weighted by Gasteiger charge is 2.19. The van der Waals surface area contributed by atoms with Gasteiger partial charge in [0.1, 0.15) is 10.0 Å². The van der Waals surface area contributed by atoms with Gasteiger partial charge in [-0.15, -0.1) is 21.5 Å². The number of aromatic nitrogens is 2. The molecule has 2 heterocycles. The molecule has 11 heavy (non-hydrogen) atoms. The summed E-state index contributed by atoms with van der Waals surface area (Å²) in [5, 5.41) is 13.7. The molecule has 0 radical (unpaired) electrons. The van der Waals surface area contributed by atoms with Gasteiger partial charge in [0, 0.05) is 0 Å². The molecule has 0 aromatic carbocycles. The van der Waals surface area contributed by atoms with E-state index < -0.39 is 0 Å². The second-order valence-corrected chi connectivity index (χ2v) is 4.02. The topological polar surface area (TPSA) is 37.8 Å². The van der Waals surface area contributed by atoms with Crippen molar-refractivity contribution in [3.05, 3.63) is 10.0 Å². The zero-order valence-corrected chi connectivity index (χ0v) is 7.32. The van der Waals surface area contributed by atoms with Gasteiger partial charge in [0.2, 0.25) is 0 Å². The Balaban J connectivity index is 2.15. The second-order valence-electron chi connectivity index (χ2n) is 2.81. The third-order valence-corrected chi connectivity index (χ3v) is 2.85. The van der Waals surface area contributed by atoms with Crippen LogP contribution in [0.3, 0.4) is 0 Å². The average Bonchev–Trinajstić information content (AvgIpc) is 2.55. The normalized spacial score (nSPS) is 24.3. The van der Waals surface area contributed by atoms with Crippen molar-refractivity contribution < 1.29 is 0 Å². The summed E-state index contributed by atoms with van der Waals surface area (Å²) in [6.07, 6.45) is 2.48. The number of aryl methyl sites for hydroxylation is 1. The van der Waals surface area contributed by atoms with Gasteiger partial charge in [-0.2, -0.15) is 0 Å². The van der Waals surface area contributed by atoms with Gasteiger partial charge in [0.05, 0.1) is 6.04 Å².